The second-order valence-corrected chi connectivity index (χ2v) is 3.82. The van der Waals surface area contributed by atoms with Gasteiger partial charge in [-0.25, -0.2) is 5.84 Å². The smallest absolute Gasteiger partial charge is 0.178 e. The molecule has 3 aliphatic rings. The minimum atomic E-state index is 0.0718. The average molecular weight is 264 g/mol. The maximum absolute atomic E-state index is 10.2. The lowest BCUT2D eigenvalue weighted by atomic mass is 10.4. The number of ketones is 3. The van der Waals surface area contributed by atoms with Gasteiger partial charge in [0.15, 0.2) is 17.3 Å². The molecule has 102 valence electrons. The lowest BCUT2D eigenvalue weighted by Crippen LogP contribution is -2.24. The van der Waals surface area contributed by atoms with E-state index in [9.17, 15) is 14.4 Å². The molecule has 3 rings (SSSR count). The standard InChI is InChI=1S/C4H6N2O.2C4H5NO/c5-6-2-1-4(7)3-6;2*6-4-1-2-5-3-4/h1-2H,3,5H2;2*1-2,5H,3H2. The summed E-state index contributed by atoms with van der Waals surface area (Å²) in [4.78, 5) is 30.4. The van der Waals surface area contributed by atoms with Crippen LogP contribution in [0, 0.1) is 0 Å². The van der Waals surface area contributed by atoms with E-state index in [1.54, 1.807) is 18.6 Å². The second-order valence-electron chi connectivity index (χ2n) is 3.82. The lowest BCUT2D eigenvalue weighted by molar-refractivity contribution is -0.114. The van der Waals surface area contributed by atoms with Crippen molar-refractivity contribution in [2.45, 2.75) is 0 Å². The van der Waals surface area contributed by atoms with E-state index >= 15 is 0 Å². The number of nitrogens with two attached hydrogens (primary N) is 1. The van der Waals surface area contributed by atoms with Gasteiger partial charge in [0, 0.05) is 24.7 Å². The van der Waals surface area contributed by atoms with E-state index in [4.69, 9.17) is 5.84 Å². The molecule has 0 amide bonds. The molecule has 0 atom stereocenters. The molecule has 3 aliphatic heterocycles. The highest BCUT2D eigenvalue weighted by Gasteiger charge is 2.05. The van der Waals surface area contributed by atoms with Crippen molar-refractivity contribution in [1.29, 1.82) is 0 Å². The molecule has 0 unspecified atom stereocenters. The number of hydrogen-bond acceptors (Lipinski definition) is 7. The van der Waals surface area contributed by atoms with E-state index in [1.807, 2.05) is 0 Å². The third-order valence-electron chi connectivity index (χ3n) is 2.12. The minimum Gasteiger partial charge on any atom is -0.383 e. The highest BCUT2D eigenvalue weighted by molar-refractivity contribution is 5.94. The van der Waals surface area contributed by atoms with Crippen LogP contribution in [0.5, 0.6) is 0 Å². The van der Waals surface area contributed by atoms with Gasteiger partial charge in [0.1, 0.15) is 0 Å². The summed E-state index contributed by atoms with van der Waals surface area (Å²) in [5.41, 5.74) is 0. The van der Waals surface area contributed by atoms with Crippen LogP contribution >= 0.6 is 0 Å². The summed E-state index contributed by atoms with van der Waals surface area (Å²) in [6.45, 7) is 1.31. The summed E-state index contributed by atoms with van der Waals surface area (Å²) < 4.78 is 0. The Morgan fingerprint density at radius 1 is 0.895 bits per heavy atom. The number of nitrogens with zero attached hydrogens (tertiary/aromatic N) is 1. The molecule has 0 saturated carbocycles. The summed E-state index contributed by atoms with van der Waals surface area (Å²) in [7, 11) is 0. The molecule has 0 aromatic rings. The van der Waals surface area contributed by atoms with E-state index in [2.05, 4.69) is 10.6 Å². The second kappa shape index (κ2) is 7.83. The van der Waals surface area contributed by atoms with Crippen molar-refractivity contribution in [3.05, 3.63) is 36.8 Å². The molecule has 0 spiro atoms. The van der Waals surface area contributed by atoms with Gasteiger partial charge < -0.3 is 15.6 Å². The fourth-order valence-corrected chi connectivity index (χ4v) is 1.20. The molecule has 7 nitrogen and oxygen atoms in total. The number of carbonyl (C=O) groups is 3. The molecule has 0 saturated heterocycles. The van der Waals surface area contributed by atoms with Crippen LogP contribution in [0.3, 0.4) is 0 Å². The van der Waals surface area contributed by atoms with Crippen molar-refractivity contribution in [1.82, 2.24) is 15.6 Å². The first-order valence-electron chi connectivity index (χ1n) is 5.66. The summed E-state index contributed by atoms with van der Waals surface area (Å²) >= 11 is 0. The van der Waals surface area contributed by atoms with Crippen LogP contribution in [0.15, 0.2) is 36.8 Å². The zero-order valence-electron chi connectivity index (χ0n) is 10.3. The Kier molecular flexibility index (Phi) is 6.04. The SMILES string of the molecule is NN1C=CC(=O)C1.O=C1C=CNC1.O=C1C=CNC1. The van der Waals surface area contributed by atoms with Crippen LogP contribution in [-0.4, -0.2) is 42.0 Å². The van der Waals surface area contributed by atoms with E-state index in [1.165, 1.54) is 23.2 Å². The summed E-state index contributed by atoms with van der Waals surface area (Å²) in [6, 6.07) is 0. The average Bonchev–Trinajstić information content (AvgIpc) is 3.07. The molecule has 0 bridgehead atoms. The molecule has 19 heavy (non-hydrogen) atoms. The molecule has 7 heteroatoms. The predicted molar refractivity (Wildman–Crippen MR) is 69.3 cm³/mol. The van der Waals surface area contributed by atoms with Crippen molar-refractivity contribution in [2.75, 3.05) is 19.6 Å². The highest BCUT2D eigenvalue weighted by atomic mass is 16.1. The molecule has 0 aromatic heterocycles. The fourth-order valence-electron chi connectivity index (χ4n) is 1.20. The molecular weight excluding hydrogens is 248 g/mol. The van der Waals surface area contributed by atoms with Gasteiger partial charge >= 0.3 is 0 Å². The first-order chi connectivity index (χ1) is 9.08. The molecule has 0 aromatic carbocycles. The summed E-state index contributed by atoms with van der Waals surface area (Å²) in [5.74, 6) is 5.55. The zero-order chi connectivity index (χ0) is 14.1. The van der Waals surface area contributed by atoms with Crippen molar-refractivity contribution in [3.8, 4) is 0 Å². The number of rotatable bonds is 0. The van der Waals surface area contributed by atoms with Crippen LogP contribution in [0.2, 0.25) is 0 Å². The molecular formula is C12H16N4O3. The van der Waals surface area contributed by atoms with Crippen LogP contribution < -0.4 is 16.5 Å². The molecule has 0 fully saturated rings. The fraction of sp³-hybridized carbons (Fsp3) is 0.250. The van der Waals surface area contributed by atoms with E-state index in [0.29, 0.717) is 19.6 Å². The maximum atomic E-state index is 10.2. The van der Waals surface area contributed by atoms with Gasteiger partial charge in [-0.05, 0) is 12.2 Å². The Bertz CT molecular complexity index is 414. The van der Waals surface area contributed by atoms with E-state index < -0.39 is 0 Å². The van der Waals surface area contributed by atoms with Crippen molar-refractivity contribution in [2.24, 2.45) is 5.84 Å². The minimum absolute atomic E-state index is 0.0718. The lowest BCUT2D eigenvalue weighted by Gasteiger charge is -2.01. The Hall–Kier alpha value is -2.41. The predicted octanol–water partition coefficient (Wildman–Crippen LogP) is -1.40. The third kappa shape index (κ3) is 6.79. The van der Waals surface area contributed by atoms with Crippen LogP contribution in [0.25, 0.3) is 0 Å². The number of carbonyl (C=O) groups excluding carboxylic acids is 3. The van der Waals surface area contributed by atoms with Crippen LogP contribution in [0.4, 0.5) is 0 Å². The Labute approximate surface area is 110 Å². The molecule has 3 heterocycles. The maximum Gasteiger partial charge on any atom is 0.178 e. The molecule has 4 N–H and O–H groups in total. The van der Waals surface area contributed by atoms with Gasteiger partial charge in [-0.15, -0.1) is 0 Å². The first-order valence-corrected chi connectivity index (χ1v) is 5.66. The van der Waals surface area contributed by atoms with Crippen LogP contribution in [0.1, 0.15) is 0 Å². The molecule has 0 radical (unpaired) electrons. The quantitative estimate of drug-likeness (QED) is 0.462. The Balaban J connectivity index is 0.000000143. The largest absolute Gasteiger partial charge is 0.383 e. The first kappa shape index (κ1) is 14.7. The van der Waals surface area contributed by atoms with Crippen molar-refractivity contribution >= 4 is 17.3 Å². The van der Waals surface area contributed by atoms with E-state index in [0.717, 1.165) is 0 Å². The van der Waals surface area contributed by atoms with E-state index in [-0.39, 0.29) is 17.3 Å². The number of nitrogens with one attached hydrogen (secondary N) is 2. The highest BCUT2D eigenvalue weighted by Crippen LogP contribution is 1.91. The van der Waals surface area contributed by atoms with Gasteiger partial charge in [0.05, 0.1) is 19.6 Å². The molecule has 0 aliphatic carbocycles. The monoisotopic (exact) mass is 264 g/mol. The van der Waals surface area contributed by atoms with Gasteiger partial charge in [0.25, 0.3) is 0 Å². The van der Waals surface area contributed by atoms with Crippen molar-refractivity contribution in [3.63, 3.8) is 0 Å². The summed E-state index contributed by atoms with van der Waals surface area (Å²) in [5, 5.41) is 6.83. The zero-order valence-corrected chi connectivity index (χ0v) is 10.3. The van der Waals surface area contributed by atoms with Gasteiger partial charge in [0.2, 0.25) is 0 Å². The summed E-state index contributed by atoms with van der Waals surface area (Å²) in [6.07, 6.45) is 9.38. The Morgan fingerprint density at radius 2 is 1.42 bits per heavy atom. The third-order valence-corrected chi connectivity index (χ3v) is 2.12. The van der Waals surface area contributed by atoms with Crippen LogP contribution in [-0.2, 0) is 14.4 Å². The normalized spacial score (nSPS) is 18.6. The van der Waals surface area contributed by atoms with Gasteiger partial charge in [-0.2, -0.15) is 0 Å². The van der Waals surface area contributed by atoms with Gasteiger partial charge in [-0.3, -0.25) is 14.4 Å². The Morgan fingerprint density at radius 3 is 1.53 bits per heavy atom. The topological polar surface area (TPSA) is 105 Å². The van der Waals surface area contributed by atoms with Gasteiger partial charge in [-0.1, -0.05) is 0 Å². The number of hydrogen-bond donors (Lipinski definition) is 3. The number of hydrazine groups is 1. The van der Waals surface area contributed by atoms with Crippen molar-refractivity contribution < 1.29 is 14.4 Å².